The number of aryl methyl sites for hydroxylation is 1. The molecule has 0 amide bonds. The van der Waals surface area contributed by atoms with Crippen LogP contribution in [0.15, 0.2) is 54.6 Å². The highest BCUT2D eigenvalue weighted by Crippen LogP contribution is 2.33. The lowest BCUT2D eigenvalue weighted by atomic mass is 10.0. The van der Waals surface area contributed by atoms with Crippen LogP contribution in [0.25, 0.3) is 0 Å². The van der Waals surface area contributed by atoms with Gasteiger partial charge in [0.05, 0.1) is 12.9 Å². The third kappa shape index (κ3) is 5.25. The van der Waals surface area contributed by atoms with E-state index in [2.05, 4.69) is 0 Å². The Hall–Kier alpha value is -2.07. The normalized spacial score (nSPS) is 11.7. The van der Waals surface area contributed by atoms with E-state index in [0.29, 0.717) is 12.0 Å². The molecule has 0 N–H and O–H groups in total. The van der Waals surface area contributed by atoms with Crippen LogP contribution in [-0.2, 0) is 9.53 Å². The van der Waals surface area contributed by atoms with Crippen molar-refractivity contribution in [1.82, 2.24) is 0 Å². The van der Waals surface area contributed by atoms with E-state index < -0.39 is 0 Å². The van der Waals surface area contributed by atoms with Crippen molar-refractivity contribution in [2.24, 2.45) is 0 Å². The van der Waals surface area contributed by atoms with Crippen LogP contribution in [0.3, 0.4) is 0 Å². The lowest BCUT2D eigenvalue weighted by Crippen LogP contribution is -2.09. The molecule has 0 saturated heterocycles. The van der Waals surface area contributed by atoms with Crippen LogP contribution in [-0.4, -0.2) is 24.6 Å². The second-order valence-electron chi connectivity index (χ2n) is 5.28. The summed E-state index contributed by atoms with van der Waals surface area (Å²) in [5, 5.41) is -0.0656. The van der Waals surface area contributed by atoms with Gasteiger partial charge in [0.1, 0.15) is 0 Å². The molecule has 2 rings (SSSR count). The van der Waals surface area contributed by atoms with Gasteiger partial charge in [-0.25, -0.2) is 0 Å². The molecule has 2 aromatic carbocycles. The summed E-state index contributed by atoms with van der Waals surface area (Å²) in [4.78, 5) is 23.9. The van der Waals surface area contributed by atoms with E-state index in [4.69, 9.17) is 4.74 Å². The molecular weight excluding hydrogens is 308 g/mol. The molecular formula is C19H20O3S. The Balaban J connectivity index is 2.11. The predicted octanol–water partition coefficient (Wildman–Crippen LogP) is 4.22. The summed E-state index contributed by atoms with van der Waals surface area (Å²) >= 11 is 1.44. The van der Waals surface area contributed by atoms with Crippen molar-refractivity contribution in [1.29, 1.82) is 0 Å². The molecule has 1 atom stereocenters. The first-order valence-electron chi connectivity index (χ1n) is 7.43. The summed E-state index contributed by atoms with van der Waals surface area (Å²) < 4.78 is 4.69. The van der Waals surface area contributed by atoms with Crippen molar-refractivity contribution in [3.8, 4) is 0 Å². The number of esters is 1. The fourth-order valence-corrected chi connectivity index (χ4v) is 3.27. The van der Waals surface area contributed by atoms with Gasteiger partial charge in [-0.2, -0.15) is 0 Å². The van der Waals surface area contributed by atoms with Crippen molar-refractivity contribution >= 4 is 23.5 Å². The molecule has 0 aliphatic heterocycles. The first-order chi connectivity index (χ1) is 11.1. The molecule has 0 aromatic heterocycles. The fourth-order valence-electron chi connectivity index (χ4n) is 2.19. The van der Waals surface area contributed by atoms with Gasteiger partial charge in [-0.15, -0.1) is 11.8 Å². The Kier molecular flexibility index (Phi) is 6.41. The zero-order chi connectivity index (χ0) is 16.7. The number of ether oxygens (including phenoxy) is 1. The number of thioether (sulfide) groups is 1. The SMILES string of the molecule is COC(=O)CS[C@H](CC(=O)c1ccc(C)cc1)c1ccccc1. The second kappa shape index (κ2) is 8.53. The quantitative estimate of drug-likeness (QED) is 0.564. The topological polar surface area (TPSA) is 43.4 Å². The number of hydrogen-bond acceptors (Lipinski definition) is 4. The van der Waals surface area contributed by atoms with Gasteiger partial charge < -0.3 is 4.74 Å². The first-order valence-corrected chi connectivity index (χ1v) is 8.48. The number of carbonyl (C=O) groups is 2. The summed E-state index contributed by atoms with van der Waals surface area (Å²) in [5.41, 5.74) is 2.87. The van der Waals surface area contributed by atoms with Crippen molar-refractivity contribution in [2.45, 2.75) is 18.6 Å². The lowest BCUT2D eigenvalue weighted by Gasteiger charge is -2.16. The third-order valence-corrected chi connectivity index (χ3v) is 4.79. The molecule has 0 bridgehead atoms. The highest BCUT2D eigenvalue weighted by atomic mass is 32.2. The Bertz CT molecular complexity index is 650. The second-order valence-corrected chi connectivity index (χ2v) is 6.47. The van der Waals surface area contributed by atoms with Gasteiger partial charge in [0.15, 0.2) is 5.78 Å². The molecule has 23 heavy (non-hydrogen) atoms. The van der Waals surface area contributed by atoms with E-state index in [9.17, 15) is 9.59 Å². The summed E-state index contributed by atoms with van der Waals surface area (Å²) in [6.45, 7) is 1.99. The van der Waals surface area contributed by atoms with E-state index in [1.807, 2.05) is 61.5 Å². The summed E-state index contributed by atoms with van der Waals surface area (Å²) in [5.74, 6) is 0.0342. The molecule has 0 radical (unpaired) electrons. The van der Waals surface area contributed by atoms with Crippen molar-refractivity contribution in [3.63, 3.8) is 0 Å². The summed E-state index contributed by atoms with van der Waals surface area (Å²) in [6.07, 6.45) is 0.356. The van der Waals surface area contributed by atoms with Crippen LogP contribution in [0.2, 0.25) is 0 Å². The Morgan fingerprint density at radius 1 is 1.04 bits per heavy atom. The largest absolute Gasteiger partial charge is 0.468 e. The molecule has 0 heterocycles. The minimum atomic E-state index is -0.279. The smallest absolute Gasteiger partial charge is 0.315 e. The van der Waals surface area contributed by atoms with Gasteiger partial charge in [-0.3, -0.25) is 9.59 Å². The maximum Gasteiger partial charge on any atom is 0.315 e. The number of Topliss-reactive ketones (excluding diaryl/α,β-unsaturated/α-hetero) is 1. The number of methoxy groups -OCH3 is 1. The van der Waals surface area contributed by atoms with E-state index in [-0.39, 0.29) is 22.8 Å². The van der Waals surface area contributed by atoms with Gasteiger partial charge >= 0.3 is 5.97 Å². The number of rotatable bonds is 7. The number of hydrogen-bond donors (Lipinski definition) is 0. The van der Waals surface area contributed by atoms with Crippen LogP contribution < -0.4 is 0 Å². The van der Waals surface area contributed by atoms with E-state index in [1.165, 1.54) is 18.9 Å². The predicted molar refractivity (Wildman–Crippen MR) is 93.8 cm³/mol. The minimum Gasteiger partial charge on any atom is -0.468 e. The monoisotopic (exact) mass is 328 g/mol. The third-order valence-electron chi connectivity index (χ3n) is 3.55. The molecule has 0 unspecified atom stereocenters. The van der Waals surface area contributed by atoms with Crippen molar-refractivity contribution < 1.29 is 14.3 Å². The van der Waals surface area contributed by atoms with Gasteiger partial charge in [0.25, 0.3) is 0 Å². The molecule has 0 spiro atoms. The van der Waals surface area contributed by atoms with Crippen LogP contribution in [0, 0.1) is 6.92 Å². The highest BCUT2D eigenvalue weighted by Gasteiger charge is 2.19. The molecule has 0 aliphatic carbocycles. The van der Waals surface area contributed by atoms with Crippen molar-refractivity contribution in [2.75, 3.05) is 12.9 Å². The lowest BCUT2D eigenvalue weighted by molar-refractivity contribution is -0.137. The Morgan fingerprint density at radius 3 is 2.30 bits per heavy atom. The molecule has 0 fully saturated rings. The molecule has 120 valence electrons. The van der Waals surface area contributed by atoms with E-state index in [0.717, 1.165) is 11.1 Å². The Labute approximate surface area is 141 Å². The molecule has 2 aromatic rings. The number of benzene rings is 2. The highest BCUT2D eigenvalue weighted by molar-refractivity contribution is 8.00. The summed E-state index contributed by atoms with van der Waals surface area (Å²) in [6, 6.07) is 17.4. The van der Waals surface area contributed by atoms with Gasteiger partial charge in [-0.05, 0) is 12.5 Å². The fraction of sp³-hybridized carbons (Fsp3) is 0.263. The number of ketones is 1. The standard InChI is InChI=1S/C19H20O3S/c1-14-8-10-15(11-9-14)17(20)12-18(23-13-19(21)22-2)16-6-4-3-5-7-16/h3-11,18H,12-13H2,1-2H3/t18-/m1/s1. The van der Waals surface area contributed by atoms with E-state index >= 15 is 0 Å². The maximum atomic E-state index is 12.5. The zero-order valence-corrected chi connectivity index (χ0v) is 14.1. The molecule has 3 nitrogen and oxygen atoms in total. The van der Waals surface area contributed by atoms with Gasteiger partial charge in [0, 0.05) is 17.2 Å². The first kappa shape index (κ1) is 17.3. The zero-order valence-electron chi connectivity index (χ0n) is 13.3. The van der Waals surface area contributed by atoms with E-state index in [1.54, 1.807) is 0 Å². The maximum absolute atomic E-state index is 12.5. The van der Waals surface area contributed by atoms with Gasteiger partial charge in [0.2, 0.25) is 0 Å². The summed E-state index contributed by atoms with van der Waals surface area (Å²) in [7, 11) is 1.37. The average Bonchev–Trinajstić information content (AvgIpc) is 2.59. The molecule has 0 saturated carbocycles. The average molecular weight is 328 g/mol. The minimum absolute atomic E-state index is 0.0656. The Morgan fingerprint density at radius 2 is 1.70 bits per heavy atom. The number of carbonyl (C=O) groups excluding carboxylic acids is 2. The van der Waals surface area contributed by atoms with Crippen LogP contribution in [0.1, 0.15) is 33.2 Å². The molecule has 4 heteroatoms. The van der Waals surface area contributed by atoms with Gasteiger partial charge in [-0.1, -0.05) is 60.2 Å². The van der Waals surface area contributed by atoms with Crippen molar-refractivity contribution in [3.05, 3.63) is 71.3 Å². The molecule has 0 aliphatic rings. The van der Waals surface area contributed by atoms with Crippen LogP contribution in [0.4, 0.5) is 0 Å². The van der Waals surface area contributed by atoms with Crippen LogP contribution in [0.5, 0.6) is 0 Å². The van der Waals surface area contributed by atoms with Crippen LogP contribution >= 0.6 is 11.8 Å².